The zero-order valence-corrected chi connectivity index (χ0v) is 8.55. The molecule has 4 heteroatoms. The number of aryl methyl sites for hydroxylation is 1. The first kappa shape index (κ1) is 9.24. The summed E-state index contributed by atoms with van der Waals surface area (Å²) in [5.74, 6) is -0.0153. The zero-order valence-electron chi connectivity index (χ0n) is 8.55. The molecule has 0 saturated heterocycles. The van der Waals surface area contributed by atoms with Gasteiger partial charge in [-0.15, -0.1) is 0 Å². The predicted octanol–water partition coefficient (Wildman–Crippen LogP) is 1.39. The summed E-state index contributed by atoms with van der Waals surface area (Å²) in [6.45, 7) is 3.94. The van der Waals surface area contributed by atoms with Gasteiger partial charge in [0, 0.05) is 11.2 Å². The van der Waals surface area contributed by atoms with Crippen LogP contribution >= 0.6 is 0 Å². The van der Waals surface area contributed by atoms with Gasteiger partial charge in [-0.3, -0.25) is 9.89 Å². The first-order valence-corrected chi connectivity index (χ1v) is 4.93. The predicted molar refractivity (Wildman–Crippen MR) is 53.0 cm³/mol. The van der Waals surface area contributed by atoms with Crippen molar-refractivity contribution >= 4 is 5.91 Å². The summed E-state index contributed by atoms with van der Waals surface area (Å²) in [7, 11) is 0. The maximum atomic E-state index is 11.8. The van der Waals surface area contributed by atoms with Crippen LogP contribution in [0.4, 0.5) is 0 Å². The standard InChI is InChI=1S/C10H15N3O/c1-7-8(6-11-13-7)9(14)12-10(2)4-3-5-10/h6H,3-5H2,1-2H3,(H,11,13)(H,12,14). The number of H-pyrrole nitrogens is 1. The lowest BCUT2D eigenvalue weighted by atomic mass is 9.78. The Morgan fingerprint density at radius 2 is 2.36 bits per heavy atom. The topological polar surface area (TPSA) is 57.8 Å². The summed E-state index contributed by atoms with van der Waals surface area (Å²) in [6, 6.07) is 0. The van der Waals surface area contributed by atoms with Gasteiger partial charge in [0.1, 0.15) is 0 Å². The van der Waals surface area contributed by atoms with E-state index in [0.29, 0.717) is 5.56 Å². The summed E-state index contributed by atoms with van der Waals surface area (Å²) in [5.41, 5.74) is 1.49. The van der Waals surface area contributed by atoms with E-state index in [-0.39, 0.29) is 11.4 Å². The van der Waals surface area contributed by atoms with Crippen LogP contribution in [0.3, 0.4) is 0 Å². The molecule has 0 atom stereocenters. The average molecular weight is 193 g/mol. The Morgan fingerprint density at radius 1 is 1.64 bits per heavy atom. The molecule has 0 spiro atoms. The van der Waals surface area contributed by atoms with Gasteiger partial charge in [0.15, 0.2) is 0 Å². The number of hydrogen-bond donors (Lipinski definition) is 2. The van der Waals surface area contributed by atoms with Gasteiger partial charge in [-0.05, 0) is 33.1 Å². The van der Waals surface area contributed by atoms with Gasteiger partial charge >= 0.3 is 0 Å². The summed E-state index contributed by atoms with van der Waals surface area (Å²) in [4.78, 5) is 11.8. The van der Waals surface area contributed by atoms with Crippen LogP contribution in [0, 0.1) is 6.92 Å². The monoisotopic (exact) mass is 193 g/mol. The van der Waals surface area contributed by atoms with Gasteiger partial charge in [-0.1, -0.05) is 0 Å². The largest absolute Gasteiger partial charge is 0.347 e. The van der Waals surface area contributed by atoms with E-state index in [1.54, 1.807) is 6.20 Å². The first-order chi connectivity index (χ1) is 6.61. The van der Waals surface area contributed by atoms with E-state index in [9.17, 15) is 4.79 Å². The fraction of sp³-hybridized carbons (Fsp3) is 0.600. The molecule has 2 rings (SSSR count). The minimum Gasteiger partial charge on any atom is -0.347 e. The molecule has 1 saturated carbocycles. The van der Waals surface area contributed by atoms with Crippen molar-refractivity contribution in [3.8, 4) is 0 Å². The molecule has 14 heavy (non-hydrogen) atoms. The second-order valence-electron chi connectivity index (χ2n) is 4.28. The number of carbonyl (C=O) groups excluding carboxylic acids is 1. The van der Waals surface area contributed by atoms with E-state index >= 15 is 0 Å². The van der Waals surface area contributed by atoms with Crippen molar-refractivity contribution in [3.63, 3.8) is 0 Å². The van der Waals surface area contributed by atoms with Gasteiger partial charge in [-0.25, -0.2) is 0 Å². The van der Waals surface area contributed by atoms with Crippen molar-refractivity contribution in [2.45, 2.75) is 38.6 Å². The number of aromatic nitrogens is 2. The highest BCUT2D eigenvalue weighted by Crippen LogP contribution is 2.31. The molecule has 0 bridgehead atoms. The molecule has 76 valence electrons. The van der Waals surface area contributed by atoms with Crippen molar-refractivity contribution in [2.24, 2.45) is 0 Å². The van der Waals surface area contributed by atoms with Crippen LogP contribution in [0.5, 0.6) is 0 Å². The molecule has 1 heterocycles. The van der Waals surface area contributed by atoms with Crippen molar-refractivity contribution in [2.75, 3.05) is 0 Å². The number of hydrogen-bond acceptors (Lipinski definition) is 2. The third kappa shape index (κ3) is 1.52. The molecule has 0 aliphatic heterocycles. The summed E-state index contributed by atoms with van der Waals surface area (Å²) in [6.07, 6.45) is 4.94. The Labute approximate surface area is 83.1 Å². The highest BCUT2D eigenvalue weighted by Gasteiger charge is 2.33. The molecule has 0 aromatic carbocycles. The lowest BCUT2D eigenvalue weighted by Crippen LogP contribution is -2.50. The smallest absolute Gasteiger partial charge is 0.255 e. The number of rotatable bonds is 2. The lowest BCUT2D eigenvalue weighted by molar-refractivity contribution is 0.0850. The second-order valence-corrected chi connectivity index (χ2v) is 4.28. The molecule has 1 fully saturated rings. The lowest BCUT2D eigenvalue weighted by Gasteiger charge is -2.39. The number of nitrogens with zero attached hydrogens (tertiary/aromatic N) is 1. The number of nitrogens with one attached hydrogen (secondary N) is 2. The maximum Gasteiger partial charge on any atom is 0.255 e. The maximum absolute atomic E-state index is 11.8. The fourth-order valence-electron chi connectivity index (χ4n) is 1.75. The third-order valence-electron chi connectivity index (χ3n) is 2.95. The van der Waals surface area contributed by atoms with Crippen LogP contribution in [-0.4, -0.2) is 21.6 Å². The van der Waals surface area contributed by atoms with E-state index in [4.69, 9.17) is 0 Å². The molecule has 1 amide bonds. The molecular weight excluding hydrogens is 178 g/mol. The Balaban J connectivity index is 2.06. The highest BCUT2D eigenvalue weighted by atomic mass is 16.1. The minimum atomic E-state index is -0.0153. The minimum absolute atomic E-state index is 0.0147. The van der Waals surface area contributed by atoms with E-state index in [1.807, 2.05) is 6.92 Å². The van der Waals surface area contributed by atoms with E-state index < -0.39 is 0 Å². The Bertz CT molecular complexity index is 352. The van der Waals surface area contributed by atoms with Crippen molar-refractivity contribution in [1.29, 1.82) is 0 Å². The average Bonchev–Trinajstić information content (AvgIpc) is 2.48. The SMILES string of the molecule is Cc1[nH]ncc1C(=O)NC1(C)CCC1. The molecular formula is C10H15N3O. The van der Waals surface area contributed by atoms with Crippen molar-refractivity contribution < 1.29 is 4.79 Å². The van der Waals surface area contributed by atoms with Crippen LogP contribution < -0.4 is 5.32 Å². The zero-order chi connectivity index (χ0) is 10.2. The summed E-state index contributed by atoms with van der Waals surface area (Å²) >= 11 is 0. The summed E-state index contributed by atoms with van der Waals surface area (Å²) in [5, 5.41) is 9.63. The Morgan fingerprint density at radius 3 is 2.79 bits per heavy atom. The quantitative estimate of drug-likeness (QED) is 0.745. The first-order valence-electron chi connectivity index (χ1n) is 4.93. The summed E-state index contributed by atoms with van der Waals surface area (Å²) < 4.78 is 0. The van der Waals surface area contributed by atoms with Gasteiger partial charge < -0.3 is 5.32 Å². The van der Waals surface area contributed by atoms with Crippen molar-refractivity contribution in [1.82, 2.24) is 15.5 Å². The van der Waals surface area contributed by atoms with Crippen LogP contribution in [0.1, 0.15) is 42.2 Å². The van der Waals surface area contributed by atoms with Crippen LogP contribution in [0.15, 0.2) is 6.20 Å². The number of aromatic amines is 1. The van der Waals surface area contributed by atoms with Crippen LogP contribution in [0.2, 0.25) is 0 Å². The van der Waals surface area contributed by atoms with Gasteiger partial charge in [-0.2, -0.15) is 5.10 Å². The van der Waals surface area contributed by atoms with Crippen LogP contribution in [-0.2, 0) is 0 Å². The number of amides is 1. The molecule has 1 aliphatic carbocycles. The molecule has 1 aromatic heterocycles. The second kappa shape index (κ2) is 3.12. The Kier molecular flexibility index (Phi) is 2.06. The molecule has 1 aliphatic rings. The third-order valence-corrected chi connectivity index (χ3v) is 2.95. The molecule has 0 radical (unpaired) electrons. The Hall–Kier alpha value is -1.32. The molecule has 4 nitrogen and oxygen atoms in total. The fourth-order valence-corrected chi connectivity index (χ4v) is 1.75. The van der Waals surface area contributed by atoms with Gasteiger partial charge in [0.05, 0.1) is 11.8 Å². The molecule has 0 unspecified atom stereocenters. The van der Waals surface area contributed by atoms with E-state index in [1.165, 1.54) is 6.42 Å². The van der Waals surface area contributed by atoms with E-state index in [0.717, 1.165) is 18.5 Å². The molecule has 1 aromatic rings. The highest BCUT2D eigenvalue weighted by molar-refractivity contribution is 5.95. The van der Waals surface area contributed by atoms with Gasteiger partial charge in [0.2, 0.25) is 0 Å². The van der Waals surface area contributed by atoms with Crippen LogP contribution in [0.25, 0.3) is 0 Å². The normalized spacial score (nSPS) is 18.7. The number of carbonyl (C=O) groups is 1. The van der Waals surface area contributed by atoms with Crippen molar-refractivity contribution in [3.05, 3.63) is 17.5 Å². The molecule has 2 N–H and O–H groups in total. The van der Waals surface area contributed by atoms with E-state index in [2.05, 4.69) is 22.4 Å². The van der Waals surface area contributed by atoms with Gasteiger partial charge in [0.25, 0.3) is 5.91 Å².